The molecule has 1 fully saturated rings. The van der Waals surface area contributed by atoms with Gasteiger partial charge in [-0.25, -0.2) is 4.98 Å². The second-order valence-corrected chi connectivity index (χ2v) is 5.40. The number of likely N-dealkylation sites (tertiary alicyclic amines) is 1. The largest absolute Gasteiger partial charge is 0.483 e. The molecule has 0 radical (unpaired) electrons. The highest BCUT2D eigenvalue weighted by molar-refractivity contribution is 5.83. The molecule has 0 spiro atoms. The minimum absolute atomic E-state index is 0.197. The van der Waals surface area contributed by atoms with E-state index in [1.54, 1.807) is 6.33 Å². The van der Waals surface area contributed by atoms with Gasteiger partial charge in [-0.1, -0.05) is 0 Å². The minimum Gasteiger partial charge on any atom is -0.483 e. The first-order valence-corrected chi connectivity index (χ1v) is 7.84. The SMILES string of the molecule is NC(=O)CN1CCC(Nc2nc(N)nc3nc[nH]c23)CC1.O=CO.O=CO. The summed E-state index contributed by atoms with van der Waals surface area (Å²) in [5.41, 5.74) is 12.2. The first-order chi connectivity index (χ1) is 12.9. The molecular weight excluding hydrogens is 360 g/mol. The fourth-order valence-corrected chi connectivity index (χ4v) is 2.60. The van der Waals surface area contributed by atoms with Crippen LogP contribution in [-0.4, -0.2) is 79.6 Å². The van der Waals surface area contributed by atoms with Crippen LogP contribution in [0.2, 0.25) is 0 Å². The number of hydrogen-bond acceptors (Lipinski definition) is 9. The Morgan fingerprint density at radius 2 is 1.89 bits per heavy atom. The molecule has 2 aromatic heterocycles. The van der Waals surface area contributed by atoms with Gasteiger partial charge in [-0.3, -0.25) is 19.3 Å². The number of aromatic nitrogens is 4. The summed E-state index contributed by atoms with van der Waals surface area (Å²) in [6.07, 6.45) is 3.39. The lowest BCUT2D eigenvalue weighted by molar-refractivity contribution is -0.123. The van der Waals surface area contributed by atoms with Gasteiger partial charge in [0.25, 0.3) is 12.9 Å². The number of primary amides is 1. The molecule has 2 aromatic rings. The average Bonchev–Trinajstić information content (AvgIpc) is 3.06. The molecule has 0 aliphatic carbocycles. The number of carbonyl (C=O) groups excluding carboxylic acids is 1. The number of nitrogens with two attached hydrogens (primary N) is 2. The molecule has 1 aliphatic rings. The van der Waals surface area contributed by atoms with Crippen LogP contribution in [-0.2, 0) is 14.4 Å². The molecule has 3 heterocycles. The number of carboxylic acid groups (broad SMARTS) is 2. The molecule has 13 heteroatoms. The Balaban J connectivity index is 0.000000540. The van der Waals surface area contributed by atoms with Crippen LogP contribution in [0.4, 0.5) is 11.8 Å². The quantitative estimate of drug-likeness (QED) is 0.342. The highest BCUT2D eigenvalue weighted by Gasteiger charge is 2.21. The van der Waals surface area contributed by atoms with Crippen LogP contribution in [0.25, 0.3) is 11.2 Å². The number of rotatable bonds is 4. The van der Waals surface area contributed by atoms with Crippen LogP contribution in [0.3, 0.4) is 0 Å². The van der Waals surface area contributed by atoms with Crippen molar-refractivity contribution < 1.29 is 24.6 Å². The predicted molar refractivity (Wildman–Crippen MR) is 95.8 cm³/mol. The molecular formula is C14H22N8O5. The van der Waals surface area contributed by atoms with Crippen molar-refractivity contribution in [1.29, 1.82) is 0 Å². The first kappa shape index (κ1) is 21.6. The third kappa shape index (κ3) is 7.11. The summed E-state index contributed by atoms with van der Waals surface area (Å²) < 4.78 is 0. The molecule has 0 unspecified atom stereocenters. The molecule has 27 heavy (non-hydrogen) atoms. The summed E-state index contributed by atoms with van der Waals surface area (Å²) in [6.45, 7) is 1.47. The molecule has 148 valence electrons. The lowest BCUT2D eigenvalue weighted by Gasteiger charge is -2.31. The maximum atomic E-state index is 10.9. The Labute approximate surface area is 153 Å². The molecule has 1 saturated heterocycles. The van der Waals surface area contributed by atoms with Crippen LogP contribution in [0, 0.1) is 0 Å². The van der Waals surface area contributed by atoms with Crippen molar-refractivity contribution in [2.24, 2.45) is 5.73 Å². The summed E-state index contributed by atoms with van der Waals surface area (Å²) in [7, 11) is 0. The highest BCUT2D eigenvalue weighted by atomic mass is 16.3. The molecule has 0 saturated carbocycles. The maximum Gasteiger partial charge on any atom is 0.290 e. The summed E-state index contributed by atoms with van der Waals surface area (Å²) in [5, 5.41) is 17.2. The number of anilines is 2. The lowest BCUT2D eigenvalue weighted by Crippen LogP contribution is -2.43. The Bertz CT molecular complexity index is 738. The normalized spacial score (nSPS) is 14.2. The molecule has 1 amide bonds. The van der Waals surface area contributed by atoms with E-state index in [0.29, 0.717) is 18.0 Å². The van der Waals surface area contributed by atoms with E-state index < -0.39 is 0 Å². The van der Waals surface area contributed by atoms with Gasteiger partial charge in [0.15, 0.2) is 11.5 Å². The lowest BCUT2D eigenvalue weighted by atomic mass is 10.1. The number of H-pyrrole nitrogens is 1. The average molecular weight is 382 g/mol. The molecule has 3 rings (SSSR count). The Hall–Kier alpha value is -3.48. The van der Waals surface area contributed by atoms with Crippen molar-refractivity contribution in [2.75, 3.05) is 30.7 Å². The van der Waals surface area contributed by atoms with Crippen LogP contribution >= 0.6 is 0 Å². The van der Waals surface area contributed by atoms with Gasteiger partial charge < -0.3 is 32.0 Å². The van der Waals surface area contributed by atoms with Crippen molar-refractivity contribution >= 4 is 41.8 Å². The van der Waals surface area contributed by atoms with Gasteiger partial charge in [-0.2, -0.15) is 9.97 Å². The second-order valence-electron chi connectivity index (χ2n) is 5.40. The third-order valence-corrected chi connectivity index (χ3v) is 3.61. The Morgan fingerprint density at radius 3 is 2.44 bits per heavy atom. The second kappa shape index (κ2) is 11.2. The van der Waals surface area contributed by atoms with Gasteiger partial charge in [0, 0.05) is 19.1 Å². The summed E-state index contributed by atoms with van der Waals surface area (Å²) >= 11 is 0. The van der Waals surface area contributed by atoms with Crippen molar-refractivity contribution in [3.63, 3.8) is 0 Å². The zero-order chi connectivity index (χ0) is 20.2. The molecule has 1 aliphatic heterocycles. The van der Waals surface area contributed by atoms with E-state index in [9.17, 15) is 4.79 Å². The van der Waals surface area contributed by atoms with Gasteiger partial charge >= 0.3 is 0 Å². The maximum absolute atomic E-state index is 10.9. The topological polar surface area (TPSA) is 213 Å². The Morgan fingerprint density at radius 1 is 1.30 bits per heavy atom. The van der Waals surface area contributed by atoms with Gasteiger partial charge in [-0.05, 0) is 12.8 Å². The fourth-order valence-electron chi connectivity index (χ4n) is 2.60. The van der Waals surface area contributed by atoms with Crippen LogP contribution in [0.1, 0.15) is 12.8 Å². The number of nitrogens with one attached hydrogen (secondary N) is 2. The van der Waals surface area contributed by atoms with E-state index in [4.69, 9.17) is 31.3 Å². The summed E-state index contributed by atoms with van der Waals surface area (Å²) in [4.78, 5) is 45.1. The van der Waals surface area contributed by atoms with E-state index in [-0.39, 0.29) is 30.8 Å². The first-order valence-electron chi connectivity index (χ1n) is 7.84. The molecule has 13 nitrogen and oxygen atoms in total. The smallest absolute Gasteiger partial charge is 0.290 e. The van der Waals surface area contributed by atoms with E-state index in [1.807, 2.05) is 0 Å². The zero-order valence-corrected chi connectivity index (χ0v) is 14.4. The summed E-state index contributed by atoms with van der Waals surface area (Å²) in [5.74, 6) is 0.579. The van der Waals surface area contributed by atoms with E-state index in [2.05, 4.69) is 30.2 Å². The van der Waals surface area contributed by atoms with Gasteiger partial charge in [0.2, 0.25) is 11.9 Å². The van der Waals surface area contributed by atoms with Crippen molar-refractivity contribution in [1.82, 2.24) is 24.8 Å². The number of piperidine rings is 1. The standard InChI is InChI=1S/C12H18N8O.2CH2O2/c13-8(21)5-20-3-1-7(2-4-20)17-11-9-10(16-6-15-9)18-12(14)19-11;2*2-1-3/h6-7H,1-5H2,(H2,13,21)(H4,14,15,16,17,18,19);2*1H,(H,2,3). The van der Waals surface area contributed by atoms with Crippen LogP contribution in [0.15, 0.2) is 6.33 Å². The van der Waals surface area contributed by atoms with Crippen molar-refractivity contribution in [2.45, 2.75) is 18.9 Å². The molecule has 8 N–H and O–H groups in total. The highest BCUT2D eigenvalue weighted by Crippen LogP contribution is 2.21. The van der Waals surface area contributed by atoms with E-state index in [1.165, 1.54) is 0 Å². The number of imidazole rings is 1. The van der Waals surface area contributed by atoms with Gasteiger partial charge in [-0.15, -0.1) is 0 Å². The van der Waals surface area contributed by atoms with Crippen molar-refractivity contribution in [3.8, 4) is 0 Å². The predicted octanol–water partition coefficient (Wildman–Crippen LogP) is -1.30. The van der Waals surface area contributed by atoms with Gasteiger partial charge in [0.05, 0.1) is 12.9 Å². The summed E-state index contributed by atoms with van der Waals surface area (Å²) in [6, 6.07) is 0.273. The number of carbonyl (C=O) groups is 3. The molecule has 0 aromatic carbocycles. The van der Waals surface area contributed by atoms with E-state index >= 15 is 0 Å². The minimum atomic E-state index is -0.288. The molecule has 0 bridgehead atoms. The monoisotopic (exact) mass is 382 g/mol. The van der Waals surface area contributed by atoms with E-state index in [0.717, 1.165) is 31.4 Å². The third-order valence-electron chi connectivity index (χ3n) is 3.61. The zero-order valence-electron chi connectivity index (χ0n) is 14.4. The van der Waals surface area contributed by atoms with Crippen LogP contribution in [0.5, 0.6) is 0 Å². The fraction of sp³-hybridized carbons (Fsp3) is 0.429. The number of nitrogen functional groups attached to an aromatic ring is 1. The van der Waals surface area contributed by atoms with Crippen molar-refractivity contribution in [3.05, 3.63) is 6.33 Å². The number of fused-ring (bicyclic) bond motifs is 1. The number of nitrogens with zero attached hydrogens (tertiary/aromatic N) is 4. The van der Waals surface area contributed by atoms with Gasteiger partial charge in [0.1, 0.15) is 5.52 Å². The molecule has 0 atom stereocenters. The Kier molecular flexibility index (Phi) is 8.94. The number of hydrogen-bond donors (Lipinski definition) is 6. The number of aromatic amines is 1. The van der Waals surface area contributed by atoms with Crippen LogP contribution < -0.4 is 16.8 Å². The number of amides is 1.